The highest BCUT2D eigenvalue weighted by molar-refractivity contribution is 7.13. The van der Waals surface area contributed by atoms with E-state index in [1.165, 1.54) is 0 Å². The molecule has 1 saturated heterocycles. The van der Waals surface area contributed by atoms with Crippen molar-refractivity contribution in [3.63, 3.8) is 0 Å². The fourth-order valence-electron chi connectivity index (χ4n) is 1.99. The van der Waals surface area contributed by atoms with Gasteiger partial charge in [0.15, 0.2) is 0 Å². The number of carbonyl (C=O) groups is 3. The van der Waals surface area contributed by atoms with Crippen molar-refractivity contribution < 1.29 is 19.5 Å². The van der Waals surface area contributed by atoms with Gasteiger partial charge in [0.05, 0.1) is 18.2 Å². The lowest BCUT2D eigenvalue weighted by Crippen LogP contribution is -2.42. The number of piperidine rings is 1. The van der Waals surface area contributed by atoms with Crippen LogP contribution in [-0.4, -0.2) is 34.4 Å². The molecule has 3 N–H and O–H groups in total. The van der Waals surface area contributed by atoms with Crippen LogP contribution >= 0.6 is 11.3 Å². The molecule has 1 fully saturated rings. The second kappa shape index (κ2) is 6.00. The average molecular weight is 297 g/mol. The predicted molar refractivity (Wildman–Crippen MR) is 71.4 cm³/mol. The number of nitrogens with zero attached hydrogens (tertiary/aromatic N) is 1. The van der Waals surface area contributed by atoms with Crippen LogP contribution in [0.1, 0.15) is 33.2 Å². The molecule has 2 heterocycles. The number of thiazole rings is 1. The van der Waals surface area contributed by atoms with Gasteiger partial charge in [0.2, 0.25) is 11.8 Å². The third kappa shape index (κ3) is 3.32. The summed E-state index contributed by atoms with van der Waals surface area (Å²) in [5, 5.41) is 14.9. The number of nitrogens with one attached hydrogen (secondary N) is 2. The van der Waals surface area contributed by atoms with Crippen LogP contribution < -0.4 is 10.6 Å². The molecule has 1 aliphatic rings. The maximum absolute atomic E-state index is 11.9. The van der Waals surface area contributed by atoms with Gasteiger partial charge < -0.3 is 15.7 Å². The zero-order chi connectivity index (χ0) is 14.7. The Kier molecular flexibility index (Phi) is 4.33. The molecule has 1 aliphatic heterocycles. The predicted octanol–water partition coefficient (Wildman–Crippen LogP) is 0.292. The number of carboxylic acids is 1. The van der Waals surface area contributed by atoms with Crippen LogP contribution in [0.3, 0.4) is 0 Å². The first-order valence-corrected chi connectivity index (χ1v) is 7.03. The lowest BCUT2D eigenvalue weighted by Gasteiger charge is -2.21. The lowest BCUT2D eigenvalue weighted by atomic mass is 9.98. The Morgan fingerprint density at radius 3 is 2.85 bits per heavy atom. The topological polar surface area (TPSA) is 108 Å². The number of aromatic carboxylic acids is 1. The first-order chi connectivity index (χ1) is 9.47. The Balaban J connectivity index is 1.88. The first-order valence-electron chi connectivity index (χ1n) is 6.21. The Labute approximate surface area is 119 Å². The maximum Gasteiger partial charge on any atom is 0.347 e. The molecule has 1 aromatic heterocycles. The Morgan fingerprint density at radius 2 is 2.30 bits per heavy atom. The van der Waals surface area contributed by atoms with Crippen molar-refractivity contribution >= 4 is 29.1 Å². The minimum atomic E-state index is -1.01. The molecule has 0 aromatic carbocycles. The van der Waals surface area contributed by atoms with Crippen LogP contribution in [0, 0.1) is 12.8 Å². The fourth-order valence-corrected chi connectivity index (χ4v) is 2.83. The Bertz CT molecular complexity index is 545. The van der Waals surface area contributed by atoms with Crippen LogP contribution in [0.25, 0.3) is 0 Å². The van der Waals surface area contributed by atoms with E-state index >= 15 is 0 Å². The molecule has 108 valence electrons. The van der Waals surface area contributed by atoms with Crippen LogP contribution in [0.2, 0.25) is 0 Å². The van der Waals surface area contributed by atoms with Gasteiger partial charge in [-0.3, -0.25) is 9.59 Å². The van der Waals surface area contributed by atoms with Crippen LogP contribution in [-0.2, 0) is 16.1 Å². The number of rotatable bonds is 4. The van der Waals surface area contributed by atoms with Gasteiger partial charge in [0.1, 0.15) is 9.88 Å². The Morgan fingerprint density at radius 1 is 1.55 bits per heavy atom. The lowest BCUT2D eigenvalue weighted by molar-refractivity contribution is -0.129. The van der Waals surface area contributed by atoms with Crippen molar-refractivity contribution in [2.45, 2.75) is 26.3 Å². The van der Waals surface area contributed by atoms with E-state index in [2.05, 4.69) is 15.6 Å². The number of carboxylic acid groups (broad SMARTS) is 1. The number of aryl methyl sites for hydroxylation is 1. The normalized spacial score (nSPS) is 18.4. The standard InChI is InChI=1S/C12H15N3O4S/c1-6-10(12(18)19)20-9(15-6)5-14-11(17)7-2-3-8(16)13-4-7/h7H,2-5H2,1H3,(H,13,16)(H,14,17)(H,18,19). The molecule has 0 aliphatic carbocycles. The summed E-state index contributed by atoms with van der Waals surface area (Å²) >= 11 is 1.06. The van der Waals surface area contributed by atoms with Gasteiger partial charge in [-0.05, 0) is 13.3 Å². The molecular weight excluding hydrogens is 282 g/mol. The molecule has 0 bridgehead atoms. The van der Waals surface area contributed by atoms with Crippen LogP contribution in [0.15, 0.2) is 0 Å². The fraction of sp³-hybridized carbons (Fsp3) is 0.500. The van der Waals surface area contributed by atoms with Gasteiger partial charge in [0, 0.05) is 13.0 Å². The summed E-state index contributed by atoms with van der Waals surface area (Å²) in [7, 11) is 0. The quantitative estimate of drug-likeness (QED) is 0.740. The van der Waals surface area contributed by atoms with Crippen molar-refractivity contribution in [3.8, 4) is 0 Å². The largest absolute Gasteiger partial charge is 0.477 e. The van der Waals surface area contributed by atoms with Gasteiger partial charge in [0.25, 0.3) is 0 Å². The smallest absolute Gasteiger partial charge is 0.347 e. The highest BCUT2D eigenvalue weighted by atomic mass is 32.1. The second-order valence-electron chi connectivity index (χ2n) is 4.58. The van der Waals surface area contributed by atoms with E-state index in [0.717, 1.165) is 11.3 Å². The van der Waals surface area contributed by atoms with E-state index in [1.54, 1.807) is 6.92 Å². The maximum atomic E-state index is 11.9. The highest BCUT2D eigenvalue weighted by Crippen LogP contribution is 2.18. The molecule has 1 aromatic rings. The SMILES string of the molecule is Cc1nc(CNC(=O)C2CCC(=O)NC2)sc1C(=O)O. The van der Waals surface area contributed by atoms with Crippen LogP contribution in [0.5, 0.6) is 0 Å². The van der Waals surface area contributed by atoms with E-state index in [4.69, 9.17) is 5.11 Å². The third-order valence-corrected chi connectivity index (χ3v) is 4.23. The molecule has 0 spiro atoms. The molecule has 1 atom stereocenters. The number of hydrogen-bond acceptors (Lipinski definition) is 5. The summed E-state index contributed by atoms with van der Waals surface area (Å²) < 4.78 is 0. The number of carbonyl (C=O) groups excluding carboxylic acids is 2. The average Bonchev–Trinajstić information content (AvgIpc) is 2.78. The number of hydrogen-bond donors (Lipinski definition) is 3. The second-order valence-corrected chi connectivity index (χ2v) is 5.67. The van der Waals surface area contributed by atoms with E-state index < -0.39 is 5.97 Å². The van der Waals surface area contributed by atoms with Crippen molar-refractivity contribution in [2.24, 2.45) is 5.92 Å². The van der Waals surface area contributed by atoms with Gasteiger partial charge in [-0.25, -0.2) is 9.78 Å². The summed E-state index contributed by atoms with van der Waals surface area (Å²) in [6, 6.07) is 0. The van der Waals surface area contributed by atoms with Crippen LogP contribution in [0.4, 0.5) is 0 Å². The van der Waals surface area contributed by atoms with E-state index in [0.29, 0.717) is 30.1 Å². The minimum Gasteiger partial charge on any atom is -0.477 e. The molecule has 2 rings (SSSR count). The highest BCUT2D eigenvalue weighted by Gasteiger charge is 2.24. The molecule has 8 heteroatoms. The molecule has 0 radical (unpaired) electrons. The Hall–Kier alpha value is -1.96. The summed E-state index contributed by atoms with van der Waals surface area (Å²) in [5.41, 5.74) is 0.455. The van der Waals surface area contributed by atoms with E-state index in [-0.39, 0.29) is 29.2 Å². The minimum absolute atomic E-state index is 0.0318. The monoisotopic (exact) mass is 297 g/mol. The van der Waals surface area contributed by atoms with Gasteiger partial charge in [-0.2, -0.15) is 0 Å². The summed E-state index contributed by atoms with van der Waals surface area (Å²) in [6.07, 6.45) is 0.895. The molecule has 20 heavy (non-hydrogen) atoms. The first kappa shape index (κ1) is 14.4. The van der Waals surface area contributed by atoms with Gasteiger partial charge >= 0.3 is 5.97 Å². The van der Waals surface area contributed by atoms with Crippen molar-refractivity contribution in [1.29, 1.82) is 0 Å². The molecule has 0 saturated carbocycles. The third-order valence-electron chi connectivity index (χ3n) is 3.09. The van der Waals surface area contributed by atoms with Crippen molar-refractivity contribution in [1.82, 2.24) is 15.6 Å². The zero-order valence-corrected chi connectivity index (χ0v) is 11.7. The molecule has 7 nitrogen and oxygen atoms in total. The van der Waals surface area contributed by atoms with Gasteiger partial charge in [-0.1, -0.05) is 0 Å². The molecule has 1 unspecified atom stereocenters. The number of aromatic nitrogens is 1. The number of amides is 2. The van der Waals surface area contributed by atoms with Crippen molar-refractivity contribution in [2.75, 3.05) is 6.54 Å². The summed E-state index contributed by atoms with van der Waals surface area (Å²) in [4.78, 5) is 38.1. The summed E-state index contributed by atoms with van der Waals surface area (Å²) in [6.45, 7) is 2.19. The molecular formula is C12H15N3O4S. The molecule has 2 amide bonds. The van der Waals surface area contributed by atoms with E-state index in [1.807, 2.05) is 0 Å². The van der Waals surface area contributed by atoms with Crippen molar-refractivity contribution in [3.05, 3.63) is 15.6 Å². The van der Waals surface area contributed by atoms with E-state index in [9.17, 15) is 14.4 Å². The zero-order valence-electron chi connectivity index (χ0n) is 10.9. The summed E-state index contributed by atoms with van der Waals surface area (Å²) in [5.74, 6) is -1.41. The van der Waals surface area contributed by atoms with Gasteiger partial charge in [-0.15, -0.1) is 11.3 Å².